The van der Waals surface area contributed by atoms with Gasteiger partial charge in [-0.1, -0.05) is 17.7 Å². The van der Waals surface area contributed by atoms with Crippen molar-refractivity contribution in [3.63, 3.8) is 0 Å². The molecule has 1 aromatic carbocycles. The van der Waals surface area contributed by atoms with Crippen molar-refractivity contribution in [1.82, 2.24) is 14.5 Å². The highest BCUT2D eigenvalue weighted by Crippen LogP contribution is 2.25. The van der Waals surface area contributed by atoms with E-state index < -0.39 is 0 Å². The number of H-pyrrole nitrogens is 1. The maximum atomic E-state index is 12.0. The van der Waals surface area contributed by atoms with Gasteiger partial charge in [-0.25, -0.2) is 0 Å². The number of hydrogen-bond donors (Lipinski definition) is 1. The van der Waals surface area contributed by atoms with Gasteiger partial charge < -0.3 is 14.5 Å². The molecule has 0 aliphatic carbocycles. The van der Waals surface area contributed by atoms with Gasteiger partial charge in [0.25, 0.3) is 0 Å². The van der Waals surface area contributed by atoms with Crippen molar-refractivity contribution in [1.29, 1.82) is 0 Å². The lowest BCUT2D eigenvalue weighted by atomic mass is 10.2. The number of amides is 1. The van der Waals surface area contributed by atoms with Crippen LogP contribution < -0.4 is 0 Å². The Kier molecular flexibility index (Phi) is 3.45. The van der Waals surface area contributed by atoms with Gasteiger partial charge in [-0.3, -0.25) is 4.79 Å². The Morgan fingerprint density at radius 2 is 2.17 bits per heavy atom. The van der Waals surface area contributed by atoms with Gasteiger partial charge in [-0.15, -0.1) is 0 Å². The van der Waals surface area contributed by atoms with Crippen LogP contribution >= 0.6 is 23.8 Å². The summed E-state index contributed by atoms with van der Waals surface area (Å²) >= 11 is 11.4. The number of hydrogen-bond acceptors (Lipinski definition) is 2. The Morgan fingerprint density at radius 3 is 2.78 bits per heavy atom. The number of rotatable bonds is 2. The first kappa shape index (κ1) is 13.1. The Balaban J connectivity index is 2.65. The number of nitrogens with zero attached hydrogens (tertiary/aromatic N) is 2. The topological polar surface area (TPSA) is 41.0 Å². The first-order valence-corrected chi connectivity index (χ1v) is 6.32. The fourth-order valence-corrected chi connectivity index (χ4v) is 2.56. The minimum Gasteiger partial charge on any atom is -0.347 e. The molecule has 4 nitrogen and oxygen atoms in total. The van der Waals surface area contributed by atoms with Gasteiger partial charge in [0.2, 0.25) is 5.91 Å². The van der Waals surface area contributed by atoms with Crippen LogP contribution in [-0.4, -0.2) is 34.5 Å². The summed E-state index contributed by atoms with van der Waals surface area (Å²) in [4.78, 5) is 16.6. The zero-order valence-electron chi connectivity index (χ0n) is 10.4. The molecule has 2 rings (SSSR count). The molecule has 18 heavy (non-hydrogen) atoms. The summed E-state index contributed by atoms with van der Waals surface area (Å²) in [7, 11) is 3.45. The van der Waals surface area contributed by atoms with Crippen LogP contribution in [0.15, 0.2) is 18.2 Å². The maximum absolute atomic E-state index is 12.0. The maximum Gasteiger partial charge on any atom is 0.244 e. The number of nitrogens with one attached hydrogen (secondary N) is 1. The summed E-state index contributed by atoms with van der Waals surface area (Å²) in [6.45, 7) is 1.83. The smallest absolute Gasteiger partial charge is 0.244 e. The van der Waals surface area contributed by atoms with Crippen LogP contribution in [-0.2, 0) is 4.79 Å². The average Bonchev–Trinajstić information content (AvgIpc) is 2.65. The number of fused-ring (bicyclic) bond motifs is 1. The lowest BCUT2D eigenvalue weighted by Crippen LogP contribution is -2.29. The molecule has 0 aliphatic rings. The lowest BCUT2D eigenvalue weighted by Gasteiger charge is -2.18. The first-order chi connectivity index (χ1) is 8.43. The molecule has 1 atom stereocenters. The third kappa shape index (κ3) is 2.04. The molecular weight excluding hydrogens is 270 g/mol. The van der Waals surface area contributed by atoms with Gasteiger partial charge in [0.15, 0.2) is 4.77 Å². The Labute approximate surface area is 115 Å². The zero-order valence-corrected chi connectivity index (χ0v) is 12.0. The third-order valence-electron chi connectivity index (χ3n) is 2.89. The van der Waals surface area contributed by atoms with Crippen LogP contribution in [0.2, 0.25) is 5.02 Å². The molecule has 0 aliphatic heterocycles. The predicted octanol–water partition coefficient (Wildman–Crippen LogP) is 3.00. The van der Waals surface area contributed by atoms with Crippen LogP contribution in [0.1, 0.15) is 13.0 Å². The van der Waals surface area contributed by atoms with Crippen LogP contribution in [0.4, 0.5) is 0 Å². The van der Waals surface area contributed by atoms with E-state index in [1.807, 2.05) is 19.1 Å². The molecule has 6 heteroatoms. The highest BCUT2D eigenvalue weighted by molar-refractivity contribution is 7.71. The minimum atomic E-state index is -0.361. The number of halogens is 1. The molecule has 1 aromatic heterocycles. The Hall–Kier alpha value is -1.33. The molecule has 0 spiro atoms. The quantitative estimate of drug-likeness (QED) is 0.861. The molecule has 0 bridgehead atoms. The average molecular weight is 284 g/mol. The van der Waals surface area contributed by atoms with E-state index in [0.29, 0.717) is 9.79 Å². The fraction of sp³-hybridized carbons (Fsp3) is 0.333. The number of aromatic nitrogens is 2. The predicted molar refractivity (Wildman–Crippen MR) is 75.5 cm³/mol. The van der Waals surface area contributed by atoms with E-state index in [0.717, 1.165) is 11.0 Å². The van der Waals surface area contributed by atoms with E-state index in [1.165, 1.54) is 0 Å². The van der Waals surface area contributed by atoms with Crippen molar-refractivity contribution in [2.75, 3.05) is 14.1 Å². The van der Waals surface area contributed by atoms with Gasteiger partial charge in [-0.05, 0) is 31.3 Å². The molecule has 0 saturated carbocycles. The molecule has 1 heterocycles. The van der Waals surface area contributed by atoms with Crippen molar-refractivity contribution in [3.05, 3.63) is 28.0 Å². The summed E-state index contributed by atoms with van der Waals surface area (Å²) in [5, 5.41) is 0.599. The van der Waals surface area contributed by atoms with Gasteiger partial charge in [0.05, 0.1) is 16.1 Å². The van der Waals surface area contributed by atoms with Gasteiger partial charge in [-0.2, -0.15) is 0 Å². The van der Waals surface area contributed by atoms with Crippen molar-refractivity contribution in [2.45, 2.75) is 13.0 Å². The van der Waals surface area contributed by atoms with Gasteiger partial charge in [0, 0.05) is 14.1 Å². The molecule has 0 saturated heterocycles. The highest BCUT2D eigenvalue weighted by atomic mass is 35.5. The summed E-state index contributed by atoms with van der Waals surface area (Å²) in [5.74, 6) is -0.00743. The summed E-state index contributed by atoms with van der Waals surface area (Å²) < 4.78 is 2.29. The summed E-state index contributed by atoms with van der Waals surface area (Å²) in [5.41, 5.74) is 1.61. The highest BCUT2D eigenvalue weighted by Gasteiger charge is 2.20. The Morgan fingerprint density at radius 1 is 1.50 bits per heavy atom. The molecule has 1 N–H and O–H groups in total. The van der Waals surface area contributed by atoms with Crippen molar-refractivity contribution in [3.8, 4) is 0 Å². The number of aromatic amines is 1. The molecular formula is C12H14ClN3OS. The molecule has 0 fully saturated rings. The number of benzene rings is 1. The first-order valence-electron chi connectivity index (χ1n) is 5.53. The Bertz CT molecular complexity index is 659. The molecule has 2 aromatic rings. The van der Waals surface area contributed by atoms with E-state index in [2.05, 4.69) is 4.98 Å². The molecule has 96 valence electrons. The van der Waals surface area contributed by atoms with E-state index >= 15 is 0 Å². The third-order valence-corrected chi connectivity index (χ3v) is 3.50. The molecule has 0 radical (unpaired) electrons. The van der Waals surface area contributed by atoms with Crippen molar-refractivity contribution >= 4 is 40.8 Å². The van der Waals surface area contributed by atoms with E-state index in [4.69, 9.17) is 23.8 Å². The van der Waals surface area contributed by atoms with Crippen molar-refractivity contribution < 1.29 is 4.79 Å². The number of likely N-dealkylation sites (N-methyl/N-ethyl adjacent to an activating group) is 1. The minimum absolute atomic E-state index is 0.00743. The second kappa shape index (κ2) is 4.74. The van der Waals surface area contributed by atoms with Crippen LogP contribution in [0.5, 0.6) is 0 Å². The SMILES string of the molecule is CC(C(=O)N(C)C)n1c(=S)[nH]c2c(Cl)cccc21. The fourth-order valence-electron chi connectivity index (χ4n) is 1.98. The second-order valence-corrected chi connectivity index (χ2v) is 5.14. The monoisotopic (exact) mass is 283 g/mol. The number of para-hydroxylation sites is 1. The number of carbonyl (C=O) groups is 1. The van der Waals surface area contributed by atoms with Crippen LogP contribution in [0.25, 0.3) is 11.0 Å². The zero-order chi connectivity index (χ0) is 13.4. The van der Waals surface area contributed by atoms with E-state index in [9.17, 15) is 4.79 Å². The van der Waals surface area contributed by atoms with E-state index in [-0.39, 0.29) is 11.9 Å². The number of imidazole rings is 1. The second-order valence-electron chi connectivity index (χ2n) is 4.34. The largest absolute Gasteiger partial charge is 0.347 e. The normalized spacial score (nSPS) is 12.7. The van der Waals surface area contributed by atoms with E-state index in [1.54, 1.807) is 29.6 Å². The molecule has 1 amide bonds. The van der Waals surface area contributed by atoms with Gasteiger partial charge in [0.1, 0.15) is 6.04 Å². The summed E-state index contributed by atoms with van der Waals surface area (Å²) in [6, 6.07) is 5.17. The van der Waals surface area contributed by atoms with Gasteiger partial charge >= 0.3 is 0 Å². The standard InChI is InChI=1S/C12H14ClN3OS/c1-7(11(17)15(2)3)16-9-6-4-5-8(13)10(9)14-12(16)18/h4-7H,1-3H3,(H,14,18). The number of carbonyl (C=O) groups excluding carboxylic acids is 1. The molecule has 1 unspecified atom stereocenters. The lowest BCUT2D eigenvalue weighted by molar-refractivity contribution is -0.131. The van der Waals surface area contributed by atoms with Crippen LogP contribution in [0.3, 0.4) is 0 Å². The van der Waals surface area contributed by atoms with Crippen LogP contribution in [0, 0.1) is 4.77 Å². The van der Waals surface area contributed by atoms with Crippen molar-refractivity contribution in [2.24, 2.45) is 0 Å². The summed E-state index contributed by atoms with van der Waals surface area (Å²) in [6.07, 6.45) is 0.